The molecule has 7 heteroatoms. The molecule has 0 atom stereocenters. The van der Waals surface area contributed by atoms with Gasteiger partial charge in [0.05, 0.1) is 33.7 Å². The largest absolute Gasteiger partial charge is 0.456 e. The predicted octanol–water partition coefficient (Wildman–Crippen LogP) is 12.1. The second kappa shape index (κ2) is 11.8. The molecule has 11 rings (SSSR count). The summed E-state index contributed by atoms with van der Waals surface area (Å²) in [5.74, 6) is 0.440. The zero-order valence-corrected chi connectivity index (χ0v) is 29.0. The van der Waals surface area contributed by atoms with Crippen molar-refractivity contribution in [2.75, 3.05) is 0 Å². The Labute approximate surface area is 313 Å². The lowest BCUT2D eigenvalue weighted by Gasteiger charge is -2.14. The number of fused-ring (bicyclic) bond motifs is 9. The van der Waals surface area contributed by atoms with Gasteiger partial charge >= 0.3 is 0 Å². The summed E-state index contributed by atoms with van der Waals surface area (Å²) >= 11 is 0. The van der Waals surface area contributed by atoms with Crippen LogP contribution in [0.2, 0.25) is 0 Å². The first kappa shape index (κ1) is 30.6. The molecule has 0 saturated carbocycles. The van der Waals surface area contributed by atoms with E-state index in [0.29, 0.717) is 39.6 Å². The van der Waals surface area contributed by atoms with E-state index in [2.05, 4.69) is 47.0 Å². The minimum absolute atomic E-state index is 0.320. The number of furan rings is 2. The highest BCUT2D eigenvalue weighted by molar-refractivity contribution is 6.17. The van der Waals surface area contributed by atoms with Crippen molar-refractivity contribution in [2.24, 2.45) is 0 Å². The molecule has 4 heterocycles. The van der Waals surface area contributed by atoms with Crippen LogP contribution in [0.3, 0.4) is 0 Å². The Morgan fingerprint density at radius 1 is 0.436 bits per heavy atom. The van der Waals surface area contributed by atoms with E-state index in [4.69, 9.17) is 18.8 Å². The minimum Gasteiger partial charge on any atom is -0.456 e. The molecule has 0 radical (unpaired) electrons. The van der Waals surface area contributed by atoms with Crippen LogP contribution in [0.4, 0.5) is 0 Å². The molecule has 11 aromatic rings. The molecule has 0 amide bonds. The second-order valence-corrected chi connectivity index (χ2v) is 13.6. The smallest absolute Gasteiger partial charge is 0.160 e. The van der Waals surface area contributed by atoms with Crippen LogP contribution < -0.4 is 0 Å². The fraction of sp³-hybridized carbons (Fsp3) is 0. The third-order valence-corrected chi connectivity index (χ3v) is 10.5. The topological polar surface area (TPSA) is 105 Å². The summed E-state index contributed by atoms with van der Waals surface area (Å²) < 4.78 is 14.6. The van der Waals surface area contributed by atoms with Gasteiger partial charge in [-0.05, 0) is 48.5 Å². The zero-order chi connectivity index (χ0) is 36.6. The molecule has 0 spiro atoms. The molecule has 0 aliphatic heterocycles. The first-order valence-electron chi connectivity index (χ1n) is 17.9. The van der Waals surface area contributed by atoms with Crippen LogP contribution in [0.25, 0.3) is 105 Å². The van der Waals surface area contributed by atoms with E-state index in [9.17, 15) is 10.5 Å². The number of benzene rings is 7. The summed E-state index contributed by atoms with van der Waals surface area (Å²) in [4.78, 5) is 10.0. The molecule has 7 nitrogen and oxygen atoms in total. The number of rotatable bonds is 4. The molecule has 0 bridgehead atoms. The molecular formula is C48H25N5O2. The van der Waals surface area contributed by atoms with Gasteiger partial charge in [0.15, 0.2) is 5.82 Å². The fourth-order valence-corrected chi connectivity index (χ4v) is 7.99. The molecule has 254 valence electrons. The normalized spacial score (nSPS) is 11.6. The monoisotopic (exact) mass is 703 g/mol. The van der Waals surface area contributed by atoms with Gasteiger partial charge in [0.25, 0.3) is 0 Å². The third kappa shape index (κ3) is 4.61. The summed E-state index contributed by atoms with van der Waals surface area (Å²) in [5.41, 5.74) is 9.57. The summed E-state index contributed by atoms with van der Waals surface area (Å²) in [5, 5.41) is 27.7. The van der Waals surface area contributed by atoms with Gasteiger partial charge in [-0.2, -0.15) is 10.5 Å². The van der Waals surface area contributed by atoms with Gasteiger partial charge < -0.3 is 13.4 Å². The summed E-state index contributed by atoms with van der Waals surface area (Å²) in [6.45, 7) is 0. The van der Waals surface area contributed by atoms with Crippen molar-refractivity contribution in [1.29, 1.82) is 10.5 Å². The van der Waals surface area contributed by atoms with Crippen molar-refractivity contribution in [3.8, 4) is 51.7 Å². The van der Waals surface area contributed by atoms with E-state index >= 15 is 0 Å². The maximum Gasteiger partial charge on any atom is 0.160 e. The van der Waals surface area contributed by atoms with Crippen LogP contribution in [0, 0.1) is 22.7 Å². The maximum atomic E-state index is 10.8. The highest BCUT2D eigenvalue weighted by atomic mass is 16.3. The Kier molecular flexibility index (Phi) is 6.54. The van der Waals surface area contributed by atoms with Crippen molar-refractivity contribution >= 4 is 65.7 Å². The van der Waals surface area contributed by atoms with Gasteiger partial charge in [0.2, 0.25) is 0 Å². The molecular weight excluding hydrogens is 679 g/mol. The average Bonchev–Trinajstić information content (AvgIpc) is 3.91. The fourth-order valence-electron chi connectivity index (χ4n) is 7.99. The van der Waals surface area contributed by atoms with Gasteiger partial charge in [-0.1, -0.05) is 97.1 Å². The molecule has 7 aromatic carbocycles. The van der Waals surface area contributed by atoms with Gasteiger partial charge in [-0.15, -0.1) is 0 Å². The van der Waals surface area contributed by atoms with Crippen molar-refractivity contribution in [3.05, 3.63) is 163 Å². The first-order valence-corrected chi connectivity index (χ1v) is 17.9. The van der Waals surface area contributed by atoms with E-state index in [-0.39, 0.29) is 0 Å². The molecule has 55 heavy (non-hydrogen) atoms. The number of hydrogen-bond acceptors (Lipinski definition) is 6. The zero-order valence-electron chi connectivity index (χ0n) is 29.0. The third-order valence-electron chi connectivity index (χ3n) is 10.5. The summed E-state index contributed by atoms with van der Waals surface area (Å²) in [6, 6.07) is 54.6. The van der Waals surface area contributed by atoms with Gasteiger partial charge in [-0.3, -0.25) is 0 Å². The van der Waals surface area contributed by atoms with Crippen LogP contribution in [-0.4, -0.2) is 14.5 Å². The molecule has 0 aliphatic rings. The second-order valence-electron chi connectivity index (χ2n) is 13.6. The number of nitrogens with zero attached hydrogens (tertiary/aromatic N) is 5. The van der Waals surface area contributed by atoms with E-state index in [0.717, 1.165) is 76.8 Å². The maximum absolute atomic E-state index is 10.8. The minimum atomic E-state index is 0.320. The van der Waals surface area contributed by atoms with E-state index in [1.165, 1.54) is 0 Å². The first-order chi connectivity index (χ1) is 27.2. The molecule has 4 aromatic heterocycles. The lowest BCUT2D eigenvalue weighted by Crippen LogP contribution is -2.02. The standard InChI is InChI=1S/C48H25N5O2/c49-26-31-22-29(19-21-39(31)53-40-15-7-4-12-32(40)36-24-37-34-14-6-9-17-43(34)55-45(37)25-41(36)53)47-38(27-50)46(28-10-2-1-3-11-28)51-48(52-47)30-18-20-35-33-13-5-8-16-42(33)54-44(35)23-30/h1-25H. The van der Waals surface area contributed by atoms with E-state index in [1.807, 2.05) is 121 Å². The van der Waals surface area contributed by atoms with Gasteiger partial charge in [-0.25, -0.2) is 9.97 Å². The summed E-state index contributed by atoms with van der Waals surface area (Å²) in [6.07, 6.45) is 0. The number of para-hydroxylation sites is 3. The van der Waals surface area contributed by atoms with Crippen LogP contribution >= 0.6 is 0 Å². The Morgan fingerprint density at radius 2 is 1.05 bits per heavy atom. The molecule has 0 aliphatic carbocycles. The molecule has 0 fully saturated rings. The Morgan fingerprint density at radius 3 is 1.80 bits per heavy atom. The lowest BCUT2D eigenvalue weighted by molar-refractivity contribution is 0.668. The Hall–Kier alpha value is -8.00. The lowest BCUT2D eigenvalue weighted by atomic mass is 9.98. The number of nitriles is 2. The van der Waals surface area contributed by atoms with Crippen molar-refractivity contribution in [1.82, 2.24) is 14.5 Å². The predicted molar refractivity (Wildman–Crippen MR) is 217 cm³/mol. The molecule has 0 N–H and O–H groups in total. The highest BCUT2D eigenvalue weighted by Crippen LogP contribution is 2.40. The number of aromatic nitrogens is 3. The van der Waals surface area contributed by atoms with Crippen LogP contribution in [0.1, 0.15) is 11.1 Å². The van der Waals surface area contributed by atoms with E-state index < -0.39 is 0 Å². The van der Waals surface area contributed by atoms with Crippen molar-refractivity contribution in [2.45, 2.75) is 0 Å². The highest BCUT2D eigenvalue weighted by Gasteiger charge is 2.22. The van der Waals surface area contributed by atoms with Crippen LogP contribution in [0.5, 0.6) is 0 Å². The van der Waals surface area contributed by atoms with Crippen LogP contribution in [-0.2, 0) is 0 Å². The number of hydrogen-bond donors (Lipinski definition) is 0. The molecule has 0 saturated heterocycles. The van der Waals surface area contributed by atoms with Crippen LogP contribution in [0.15, 0.2) is 160 Å². The van der Waals surface area contributed by atoms with E-state index in [1.54, 1.807) is 0 Å². The van der Waals surface area contributed by atoms with Gasteiger partial charge in [0, 0.05) is 55.1 Å². The molecule has 0 unspecified atom stereocenters. The van der Waals surface area contributed by atoms with Crippen molar-refractivity contribution in [3.63, 3.8) is 0 Å². The Bertz CT molecular complexity index is 3470. The summed E-state index contributed by atoms with van der Waals surface area (Å²) in [7, 11) is 0. The van der Waals surface area contributed by atoms with Crippen molar-refractivity contribution < 1.29 is 8.83 Å². The SMILES string of the molecule is N#Cc1cc(-c2nc(-c3ccc4c(c3)oc3ccccc34)nc(-c3ccccc3)c2C#N)ccc1-n1c2ccccc2c2cc3c(cc21)oc1ccccc13. The average molecular weight is 704 g/mol. The quantitative estimate of drug-likeness (QED) is 0.181. The van der Waals surface area contributed by atoms with Gasteiger partial charge in [0.1, 0.15) is 40.0 Å². The Balaban J connectivity index is 1.13.